The third kappa shape index (κ3) is 3.34. The molecule has 2 saturated heterocycles. The van der Waals surface area contributed by atoms with Crippen LogP contribution in [0, 0.1) is 0 Å². The average molecular weight is 481 g/mol. The molecule has 36 heavy (non-hydrogen) atoms. The minimum Gasteiger partial charge on any atom is -0.366 e. The van der Waals surface area contributed by atoms with Gasteiger partial charge in [0.05, 0.1) is 11.9 Å². The third-order valence-electron chi connectivity index (χ3n) is 7.80. The number of benzene rings is 2. The maximum Gasteiger partial charge on any atom is 0.251 e. The monoisotopic (exact) mass is 480 g/mol. The summed E-state index contributed by atoms with van der Waals surface area (Å²) in [6.07, 6.45) is 4.60. The van der Waals surface area contributed by atoms with Gasteiger partial charge >= 0.3 is 0 Å². The number of anilines is 3. The fourth-order valence-corrected chi connectivity index (χ4v) is 6.01. The van der Waals surface area contributed by atoms with Crippen LogP contribution in [0.5, 0.6) is 0 Å². The Balaban J connectivity index is 1.12. The highest BCUT2D eigenvalue weighted by atomic mass is 16.1. The van der Waals surface area contributed by atoms with Gasteiger partial charge in [0, 0.05) is 60.3 Å². The normalized spacial score (nSPS) is 21.0. The second-order valence-corrected chi connectivity index (χ2v) is 10.2. The summed E-state index contributed by atoms with van der Waals surface area (Å²) in [6, 6.07) is 16.3. The Kier molecular flexibility index (Phi) is 4.75. The number of rotatable bonds is 5. The summed E-state index contributed by atoms with van der Waals surface area (Å²) in [7, 11) is 0. The topological polar surface area (TPSA) is 90.7 Å². The van der Waals surface area contributed by atoms with E-state index in [9.17, 15) is 4.79 Å². The van der Waals surface area contributed by atoms with Gasteiger partial charge in [-0.2, -0.15) is 5.10 Å². The summed E-state index contributed by atoms with van der Waals surface area (Å²) in [6.45, 7) is 7.39. The Morgan fingerprint density at radius 2 is 1.92 bits per heavy atom. The molecule has 0 saturated carbocycles. The molecule has 2 N–H and O–H groups in total. The maximum absolute atomic E-state index is 11.9. The van der Waals surface area contributed by atoms with Crippen LogP contribution in [0.15, 0.2) is 55.0 Å². The maximum atomic E-state index is 11.9. The van der Waals surface area contributed by atoms with E-state index in [4.69, 9.17) is 0 Å². The summed E-state index contributed by atoms with van der Waals surface area (Å²) in [5, 5.41) is 10.7. The Labute approximate surface area is 209 Å². The number of carbonyl (C=O) groups excluding carboxylic acids is 1. The van der Waals surface area contributed by atoms with Crippen LogP contribution in [-0.2, 0) is 6.54 Å². The summed E-state index contributed by atoms with van der Waals surface area (Å²) >= 11 is 0. The predicted octanol–water partition coefficient (Wildman–Crippen LogP) is 3.45. The van der Waals surface area contributed by atoms with Gasteiger partial charge in [-0.15, -0.1) is 0 Å². The zero-order valence-electron chi connectivity index (χ0n) is 20.3. The molecule has 4 aromatic rings. The molecule has 2 bridgehead atoms. The van der Waals surface area contributed by atoms with Crippen LogP contribution in [0.3, 0.4) is 0 Å². The molecule has 0 aliphatic carbocycles. The lowest BCUT2D eigenvalue weighted by atomic mass is 10.0. The van der Waals surface area contributed by atoms with Crippen LogP contribution in [-0.4, -0.2) is 61.6 Å². The quantitative estimate of drug-likeness (QED) is 0.452. The molecular formula is C27H28N8O. The van der Waals surface area contributed by atoms with Gasteiger partial charge in [0.1, 0.15) is 6.33 Å². The number of hydrogen-bond donors (Lipinski definition) is 2. The van der Waals surface area contributed by atoms with Crippen molar-refractivity contribution in [1.82, 2.24) is 29.8 Å². The lowest BCUT2D eigenvalue weighted by Crippen LogP contribution is -2.48. The molecular weight excluding hydrogens is 452 g/mol. The van der Waals surface area contributed by atoms with Crippen molar-refractivity contribution in [1.29, 1.82) is 0 Å². The van der Waals surface area contributed by atoms with Crippen molar-refractivity contribution in [2.24, 2.45) is 0 Å². The highest BCUT2D eigenvalue weighted by molar-refractivity contribution is 5.98. The van der Waals surface area contributed by atoms with Crippen LogP contribution in [0.4, 0.5) is 17.2 Å². The van der Waals surface area contributed by atoms with Gasteiger partial charge in [-0.3, -0.25) is 9.69 Å². The zero-order chi connectivity index (χ0) is 24.4. The fourth-order valence-electron chi connectivity index (χ4n) is 6.01. The first-order chi connectivity index (χ1) is 17.5. The van der Waals surface area contributed by atoms with E-state index in [0.717, 1.165) is 41.2 Å². The van der Waals surface area contributed by atoms with Crippen LogP contribution in [0.1, 0.15) is 36.2 Å². The van der Waals surface area contributed by atoms with Crippen LogP contribution in [0.25, 0.3) is 16.9 Å². The number of fused-ring (bicyclic) bond motifs is 4. The van der Waals surface area contributed by atoms with Gasteiger partial charge < -0.3 is 15.5 Å². The van der Waals surface area contributed by atoms with Crippen LogP contribution >= 0.6 is 0 Å². The van der Waals surface area contributed by atoms with Gasteiger partial charge in [-0.1, -0.05) is 6.07 Å². The van der Waals surface area contributed by atoms with E-state index < -0.39 is 0 Å². The number of nitrogens with one attached hydrogen (secondary N) is 2. The molecule has 0 unspecified atom stereocenters. The van der Waals surface area contributed by atoms with E-state index in [0.29, 0.717) is 36.1 Å². The van der Waals surface area contributed by atoms with E-state index in [1.54, 1.807) is 10.7 Å². The molecule has 9 nitrogen and oxygen atoms in total. The SMILES string of the molecule is CC(C)N1C[C@@H]2C[C@H]1CN2c1ccc(Nc2ncc(-c3ccc4c(c3)CNC4=O)n3ncnc23)cc1. The van der Waals surface area contributed by atoms with E-state index in [-0.39, 0.29) is 5.91 Å². The van der Waals surface area contributed by atoms with Crippen molar-refractivity contribution in [3.8, 4) is 11.3 Å². The molecule has 0 radical (unpaired) electrons. The second-order valence-electron chi connectivity index (χ2n) is 10.2. The summed E-state index contributed by atoms with van der Waals surface area (Å²) in [4.78, 5) is 26.2. The van der Waals surface area contributed by atoms with Crippen molar-refractivity contribution >= 4 is 28.7 Å². The number of carbonyl (C=O) groups is 1. The van der Waals surface area contributed by atoms with Crippen molar-refractivity contribution in [3.05, 3.63) is 66.1 Å². The lowest BCUT2D eigenvalue weighted by molar-refractivity contribution is 0.0965. The van der Waals surface area contributed by atoms with Crippen molar-refractivity contribution in [2.45, 2.75) is 44.9 Å². The molecule has 1 amide bonds. The summed E-state index contributed by atoms with van der Waals surface area (Å²) in [5.41, 5.74) is 6.36. The first-order valence-corrected chi connectivity index (χ1v) is 12.5. The highest BCUT2D eigenvalue weighted by Gasteiger charge is 2.43. The van der Waals surface area contributed by atoms with E-state index in [1.807, 2.05) is 18.2 Å². The third-order valence-corrected chi connectivity index (χ3v) is 7.80. The Morgan fingerprint density at radius 3 is 2.69 bits per heavy atom. The molecule has 2 aromatic carbocycles. The first-order valence-electron chi connectivity index (χ1n) is 12.5. The minimum absolute atomic E-state index is 0.0269. The van der Waals surface area contributed by atoms with E-state index in [2.05, 4.69) is 73.6 Å². The molecule has 0 spiro atoms. The van der Waals surface area contributed by atoms with Gasteiger partial charge in [0.15, 0.2) is 11.5 Å². The van der Waals surface area contributed by atoms with Crippen molar-refractivity contribution in [3.63, 3.8) is 0 Å². The summed E-state index contributed by atoms with van der Waals surface area (Å²) < 4.78 is 1.79. The number of amides is 1. The molecule has 182 valence electrons. The van der Waals surface area contributed by atoms with Gasteiger partial charge in [0.25, 0.3) is 5.91 Å². The number of nitrogens with zero attached hydrogens (tertiary/aromatic N) is 6. The van der Waals surface area contributed by atoms with Gasteiger partial charge in [0.2, 0.25) is 0 Å². The molecule has 3 aliphatic heterocycles. The summed E-state index contributed by atoms with van der Waals surface area (Å²) in [5.74, 6) is 0.621. The zero-order valence-corrected chi connectivity index (χ0v) is 20.3. The molecule has 2 atom stereocenters. The molecule has 2 aromatic heterocycles. The average Bonchev–Trinajstić information content (AvgIpc) is 3.68. The molecule has 2 fully saturated rings. The van der Waals surface area contributed by atoms with E-state index >= 15 is 0 Å². The Bertz CT molecular complexity index is 1480. The molecule has 3 aliphatic rings. The van der Waals surface area contributed by atoms with Gasteiger partial charge in [-0.25, -0.2) is 14.5 Å². The highest BCUT2D eigenvalue weighted by Crippen LogP contribution is 2.36. The van der Waals surface area contributed by atoms with Crippen LogP contribution in [0.2, 0.25) is 0 Å². The Morgan fingerprint density at radius 1 is 1.06 bits per heavy atom. The van der Waals surface area contributed by atoms with Gasteiger partial charge in [-0.05, 0) is 62.2 Å². The fraction of sp³-hybridized carbons (Fsp3) is 0.333. The Hall–Kier alpha value is -3.98. The standard InChI is InChI=1S/C27H28N8O/c1-16(2)33-13-22-10-21(33)14-34(22)20-6-4-19(5-7-20)32-25-26-30-15-31-35(26)24(12-28-25)17-3-8-23-18(9-17)11-29-27(23)36/h3-9,12,15-16,21-22H,10-11,13-14H2,1-2H3,(H,28,32)(H,29,36)/t21-,22-/m0/s1. The smallest absolute Gasteiger partial charge is 0.251 e. The predicted molar refractivity (Wildman–Crippen MR) is 138 cm³/mol. The minimum atomic E-state index is -0.0269. The number of piperazine rings is 1. The largest absolute Gasteiger partial charge is 0.366 e. The van der Waals surface area contributed by atoms with Crippen LogP contribution < -0.4 is 15.5 Å². The number of aromatic nitrogens is 4. The van der Waals surface area contributed by atoms with Crippen molar-refractivity contribution in [2.75, 3.05) is 23.3 Å². The van der Waals surface area contributed by atoms with E-state index in [1.165, 1.54) is 18.4 Å². The second kappa shape index (κ2) is 8.03. The lowest BCUT2D eigenvalue weighted by Gasteiger charge is -2.37. The number of likely N-dealkylation sites (tertiary alicyclic amines) is 1. The van der Waals surface area contributed by atoms with Crippen molar-refractivity contribution < 1.29 is 4.79 Å². The molecule has 7 rings (SSSR count). The molecule has 9 heteroatoms. The molecule has 5 heterocycles. The number of hydrogen-bond acceptors (Lipinski definition) is 7. The first kappa shape index (κ1) is 21.3.